The molecule has 0 aliphatic heterocycles. The molecule has 1 spiro atoms. The average molecular weight is 395 g/mol. The fourth-order valence-corrected chi connectivity index (χ4v) is 6.24. The van der Waals surface area contributed by atoms with Crippen LogP contribution in [0.5, 0.6) is 0 Å². The van der Waals surface area contributed by atoms with Crippen molar-refractivity contribution in [2.75, 3.05) is 0 Å². The minimum Gasteiger partial charge on any atom is -0.0995 e. The van der Waals surface area contributed by atoms with Gasteiger partial charge in [-0.3, -0.25) is 0 Å². The van der Waals surface area contributed by atoms with Gasteiger partial charge in [-0.1, -0.05) is 105 Å². The van der Waals surface area contributed by atoms with Crippen molar-refractivity contribution in [2.45, 2.75) is 46.0 Å². The fourth-order valence-electron chi connectivity index (χ4n) is 6.24. The van der Waals surface area contributed by atoms with Crippen LogP contribution in [0.15, 0.2) is 86.0 Å². The molecule has 30 heavy (non-hydrogen) atoms. The second-order valence-corrected chi connectivity index (χ2v) is 9.23. The molecule has 2 aliphatic carbocycles. The summed E-state index contributed by atoms with van der Waals surface area (Å²) in [6, 6.07) is 17.7. The van der Waals surface area contributed by atoms with E-state index in [1.54, 1.807) is 0 Å². The molecule has 3 unspecified atom stereocenters. The number of fused-ring (bicyclic) bond motifs is 1. The van der Waals surface area contributed by atoms with Gasteiger partial charge in [-0.15, -0.1) is 0 Å². The topological polar surface area (TPSA) is 0 Å². The summed E-state index contributed by atoms with van der Waals surface area (Å²) in [5.41, 5.74) is 10.2. The van der Waals surface area contributed by atoms with Gasteiger partial charge in [-0.25, -0.2) is 0 Å². The third-order valence-corrected chi connectivity index (χ3v) is 7.81. The third-order valence-electron chi connectivity index (χ3n) is 7.81. The number of hydrogen-bond donors (Lipinski definition) is 0. The van der Waals surface area contributed by atoms with Crippen molar-refractivity contribution in [3.63, 3.8) is 0 Å². The Kier molecular flexibility index (Phi) is 5.22. The van der Waals surface area contributed by atoms with Crippen LogP contribution in [0.1, 0.15) is 61.3 Å². The van der Waals surface area contributed by atoms with Gasteiger partial charge in [0.15, 0.2) is 0 Å². The van der Waals surface area contributed by atoms with E-state index < -0.39 is 0 Å². The molecular formula is C30H34. The number of allylic oxidation sites excluding steroid dienone is 4. The molecule has 2 aromatic rings. The van der Waals surface area contributed by atoms with Crippen molar-refractivity contribution < 1.29 is 0 Å². The van der Waals surface area contributed by atoms with E-state index in [9.17, 15) is 0 Å². The van der Waals surface area contributed by atoms with Gasteiger partial charge < -0.3 is 0 Å². The highest BCUT2D eigenvalue weighted by atomic mass is 14.6. The first-order chi connectivity index (χ1) is 14.4. The van der Waals surface area contributed by atoms with Gasteiger partial charge in [-0.2, -0.15) is 0 Å². The maximum absolute atomic E-state index is 4.68. The zero-order valence-corrected chi connectivity index (χ0v) is 18.8. The van der Waals surface area contributed by atoms with Gasteiger partial charge >= 0.3 is 0 Å². The van der Waals surface area contributed by atoms with Crippen molar-refractivity contribution in [1.82, 2.24) is 0 Å². The Morgan fingerprint density at radius 1 is 0.900 bits per heavy atom. The molecule has 0 radical (unpaired) electrons. The fraction of sp³-hybridized carbons (Fsp3) is 0.333. The zero-order valence-electron chi connectivity index (χ0n) is 18.8. The highest BCUT2D eigenvalue weighted by Gasteiger charge is 2.60. The first kappa shape index (κ1) is 20.7. The van der Waals surface area contributed by atoms with Crippen LogP contribution in [0.4, 0.5) is 0 Å². The number of hydrogen-bond acceptors (Lipinski definition) is 0. The monoisotopic (exact) mass is 394 g/mol. The Bertz CT molecular complexity index is 1010. The van der Waals surface area contributed by atoms with Crippen LogP contribution in [-0.2, 0) is 0 Å². The molecule has 0 aromatic heterocycles. The van der Waals surface area contributed by atoms with E-state index in [-0.39, 0.29) is 11.3 Å². The predicted octanol–water partition coefficient (Wildman–Crippen LogP) is 8.37. The summed E-state index contributed by atoms with van der Waals surface area (Å²) in [7, 11) is 0. The van der Waals surface area contributed by atoms with Crippen LogP contribution in [0.25, 0.3) is 11.1 Å². The summed E-state index contributed by atoms with van der Waals surface area (Å²) in [6.45, 7) is 25.2. The van der Waals surface area contributed by atoms with Crippen LogP contribution >= 0.6 is 0 Å². The molecule has 0 N–H and O–H groups in total. The summed E-state index contributed by atoms with van der Waals surface area (Å²) >= 11 is 0. The van der Waals surface area contributed by atoms with E-state index in [4.69, 9.17) is 0 Å². The lowest BCUT2D eigenvalue weighted by atomic mass is 9.64. The van der Waals surface area contributed by atoms with E-state index in [0.29, 0.717) is 11.8 Å². The average Bonchev–Trinajstić information content (AvgIpc) is 3.23. The van der Waals surface area contributed by atoms with Gasteiger partial charge in [-0.05, 0) is 65.9 Å². The standard InChI is InChI=1S/C30H34/c1-8-20(4)28-27(24-14-12-13-19(3)17-24)18-30(29(28)21(5)9-2)22(6)25-15-10-11-16-26(25)23(30)7/h10-17,27-29H,4-9,18H2,1-3H3. The number of rotatable bonds is 5. The summed E-state index contributed by atoms with van der Waals surface area (Å²) in [5, 5.41) is 0. The van der Waals surface area contributed by atoms with E-state index in [1.807, 2.05) is 0 Å². The molecular weight excluding hydrogens is 360 g/mol. The van der Waals surface area contributed by atoms with E-state index >= 15 is 0 Å². The predicted molar refractivity (Wildman–Crippen MR) is 131 cm³/mol. The van der Waals surface area contributed by atoms with Crippen LogP contribution in [0.3, 0.4) is 0 Å². The molecule has 0 heterocycles. The van der Waals surface area contributed by atoms with Gasteiger partial charge in [0.05, 0.1) is 0 Å². The van der Waals surface area contributed by atoms with Crippen LogP contribution in [0, 0.1) is 24.2 Å². The van der Waals surface area contributed by atoms with E-state index in [0.717, 1.165) is 19.3 Å². The van der Waals surface area contributed by atoms with Gasteiger partial charge in [0.2, 0.25) is 0 Å². The Morgan fingerprint density at radius 2 is 1.50 bits per heavy atom. The SMILES string of the molecule is C=C(CC)C1C(c2cccc(C)c2)CC2(C(=C)c3ccccc3C2=C)C1C(=C)CC. The lowest BCUT2D eigenvalue weighted by molar-refractivity contribution is 0.377. The molecule has 0 bridgehead atoms. The molecule has 3 atom stereocenters. The van der Waals surface area contributed by atoms with Gasteiger partial charge in [0, 0.05) is 11.3 Å². The summed E-state index contributed by atoms with van der Waals surface area (Å²) in [6.07, 6.45) is 2.98. The second kappa shape index (κ2) is 7.58. The first-order valence-electron chi connectivity index (χ1n) is 11.3. The summed E-state index contributed by atoms with van der Waals surface area (Å²) in [4.78, 5) is 0. The molecule has 0 nitrogen and oxygen atoms in total. The van der Waals surface area contributed by atoms with Crippen molar-refractivity contribution in [2.24, 2.45) is 17.3 Å². The third kappa shape index (κ3) is 2.81. The summed E-state index contributed by atoms with van der Waals surface area (Å²) in [5.74, 6) is 1.04. The highest BCUT2D eigenvalue weighted by molar-refractivity contribution is 5.98. The van der Waals surface area contributed by atoms with Gasteiger partial charge in [0.1, 0.15) is 0 Å². The summed E-state index contributed by atoms with van der Waals surface area (Å²) < 4.78 is 0. The maximum atomic E-state index is 4.68. The minimum atomic E-state index is -0.173. The molecule has 0 heteroatoms. The first-order valence-corrected chi connectivity index (χ1v) is 11.3. The minimum absolute atomic E-state index is 0.173. The Labute approximate surface area is 182 Å². The van der Waals surface area contributed by atoms with Crippen LogP contribution < -0.4 is 0 Å². The molecule has 2 aromatic carbocycles. The molecule has 154 valence electrons. The normalized spacial score (nSPS) is 24.3. The Morgan fingerprint density at radius 3 is 2.03 bits per heavy atom. The Balaban J connectivity index is 1.95. The lowest BCUT2D eigenvalue weighted by Gasteiger charge is -2.38. The molecule has 1 fully saturated rings. The largest absolute Gasteiger partial charge is 0.0995 e. The Hall–Kier alpha value is -2.60. The highest BCUT2D eigenvalue weighted by Crippen LogP contribution is 2.71. The molecule has 0 amide bonds. The maximum Gasteiger partial charge on any atom is 0.0280 e. The number of aryl methyl sites for hydroxylation is 1. The van der Waals surface area contributed by atoms with Crippen LogP contribution in [0.2, 0.25) is 0 Å². The van der Waals surface area contributed by atoms with E-state index in [1.165, 1.54) is 44.5 Å². The molecule has 2 aliphatic rings. The second-order valence-electron chi connectivity index (χ2n) is 9.23. The molecule has 0 saturated heterocycles. The van der Waals surface area contributed by atoms with Crippen LogP contribution in [-0.4, -0.2) is 0 Å². The number of benzene rings is 2. The van der Waals surface area contributed by atoms with Crippen molar-refractivity contribution in [3.05, 3.63) is 108 Å². The van der Waals surface area contributed by atoms with E-state index in [2.05, 4.69) is 95.6 Å². The molecule has 1 saturated carbocycles. The van der Waals surface area contributed by atoms with Crippen molar-refractivity contribution in [1.29, 1.82) is 0 Å². The van der Waals surface area contributed by atoms with Crippen molar-refractivity contribution >= 4 is 11.1 Å². The smallest absolute Gasteiger partial charge is 0.0280 e. The lowest BCUT2D eigenvalue weighted by Crippen LogP contribution is -2.29. The van der Waals surface area contributed by atoms with Crippen molar-refractivity contribution in [3.8, 4) is 0 Å². The van der Waals surface area contributed by atoms with Gasteiger partial charge in [0.25, 0.3) is 0 Å². The zero-order chi connectivity index (χ0) is 21.6. The quantitative estimate of drug-likeness (QED) is 0.447. The molecule has 4 rings (SSSR count).